The molecular formula is C99H63BN12. The van der Waals surface area contributed by atoms with Gasteiger partial charge < -0.3 is 14.4 Å². The van der Waals surface area contributed by atoms with Gasteiger partial charge in [0.05, 0.1) is 16.7 Å². The molecule has 0 radical (unpaired) electrons. The summed E-state index contributed by atoms with van der Waals surface area (Å²) in [5.74, 6) is 5.04. The Kier molecular flexibility index (Phi) is 16.0. The fourth-order valence-corrected chi connectivity index (χ4v) is 16.1. The number of benzene rings is 15. The minimum absolute atomic E-state index is 0.0247. The maximum absolute atomic E-state index is 5.34. The van der Waals surface area contributed by atoms with Crippen LogP contribution in [0.4, 0.5) is 34.1 Å². The number of nitrogens with zero attached hydrogens (tertiary/aromatic N) is 12. The van der Waals surface area contributed by atoms with Gasteiger partial charge >= 0.3 is 0 Å². The lowest BCUT2D eigenvalue weighted by Crippen LogP contribution is -2.61. The highest BCUT2D eigenvalue weighted by Gasteiger charge is 2.43. The Bertz CT molecular complexity index is 6330. The van der Waals surface area contributed by atoms with Crippen molar-refractivity contribution in [1.82, 2.24) is 49.4 Å². The Labute approximate surface area is 646 Å². The van der Waals surface area contributed by atoms with Crippen LogP contribution in [0.15, 0.2) is 382 Å². The van der Waals surface area contributed by atoms with E-state index in [2.05, 4.69) is 215 Å². The van der Waals surface area contributed by atoms with Crippen molar-refractivity contribution in [2.45, 2.75) is 0 Å². The fourth-order valence-electron chi connectivity index (χ4n) is 16.1. The molecule has 0 fully saturated rings. The molecule has 0 aliphatic carbocycles. The Hall–Kier alpha value is -15.2. The molecule has 0 amide bonds. The molecule has 0 atom stereocenters. The van der Waals surface area contributed by atoms with Gasteiger partial charge in [0.25, 0.3) is 6.71 Å². The Morgan fingerprint density at radius 1 is 0.188 bits per heavy atom. The third kappa shape index (κ3) is 11.6. The SMILES string of the molecule is c1ccc(-c2nc(-c3ccccc3)nc(-c3ccc(-n4c5ccc(-c6nc(-c7ccccc7)nc(-c7ccccc7)n6)cc5c5cc(-c6nc(-c7ccccc7)nc(-c7ccccc7)n6)ccc54)c(-c4ccc(-c5cc6c7c(c5)N(c5ccccc5)c5ccccc5B7c5ccccc5N6c5ccccc5)cc4)c3)n2)cc1. The highest BCUT2D eigenvalue weighted by Crippen LogP contribution is 2.48. The summed E-state index contributed by atoms with van der Waals surface area (Å²) in [5.41, 5.74) is 25.1. The molecule has 0 saturated carbocycles. The van der Waals surface area contributed by atoms with E-state index in [1.54, 1.807) is 0 Å². The molecule has 0 saturated heterocycles. The van der Waals surface area contributed by atoms with Crippen LogP contribution in [-0.4, -0.2) is 56.1 Å². The number of para-hydroxylation sites is 4. The van der Waals surface area contributed by atoms with Gasteiger partial charge in [0.15, 0.2) is 52.4 Å². The van der Waals surface area contributed by atoms with Crippen LogP contribution in [0.5, 0.6) is 0 Å². The van der Waals surface area contributed by atoms with Crippen LogP contribution in [-0.2, 0) is 0 Å². The van der Waals surface area contributed by atoms with E-state index >= 15 is 0 Å². The molecule has 2 aliphatic rings. The first kappa shape index (κ1) is 65.1. The number of aromatic nitrogens is 10. The zero-order valence-electron chi connectivity index (χ0n) is 60.3. The number of hydrogen-bond acceptors (Lipinski definition) is 11. The lowest BCUT2D eigenvalue weighted by molar-refractivity contribution is 1.07. The van der Waals surface area contributed by atoms with Gasteiger partial charge in [0.1, 0.15) is 0 Å². The van der Waals surface area contributed by atoms with Gasteiger partial charge in [0, 0.05) is 101 Å². The van der Waals surface area contributed by atoms with E-state index in [0.29, 0.717) is 52.4 Å². The van der Waals surface area contributed by atoms with Crippen molar-refractivity contribution in [3.05, 3.63) is 382 Å². The maximum Gasteiger partial charge on any atom is 0.252 e. The van der Waals surface area contributed by atoms with E-state index in [0.717, 1.165) is 134 Å². The summed E-state index contributed by atoms with van der Waals surface area (Å²) in [5, 5.41) is 1.91. The van der Waals surface area contributed by atoms with E-state index in [-0.39, 0.29) is 6.71 Å². The average Bonchev–Trinajstić information content (AvgIpc) is 0.871. The average molecular weight is 1430 g/mol. The molecule has 0 bridgehead atoms. The number of fused-ring (bicyclic) bond motifs is 7. The van der Waals surface area contributed by atoms with Crippen LogP contribution in [0.25, 0.3) is 152 Å². The van der Waals surface area contributed by atoms with Crippen LogP contribution in [0.1, 0.15) is 0 Å². The summed E-state index contributed by atoms with van der Waals surface area (Å²) in [7, 11) is 0. The van der Waals surface area contributed by atoms with Crippen LogP contribution in [0.2, 0.25) is 0 Å². The molecule has 13 heteroatoms. The summed E-state index contributed by atoms with van der Waals surface area (Å²) in [6.07, 6.45) is 0. The monoisotopic (exact) mass is 1430 g/mol. The summed E-state index contributed by atoms with van der Waals surface area (Å²) in [6.45, 7) is -0.0247. The van der Waals surface area contributed by atoms with Crippen LogP contribution >= 0.6 is 0 Å². The molecule has 522 valence electrons. The molecular weight excluding hydrogens is 1370 g/mol. The minimum atomic E-state index is -0.0247. The predicted octanol–water partition coefficient (Wildman–Crippen LogP) is 21.8. The normalized spacial score (nSPS) is 12.1. The van der Waals surface area contributed by atoms with Gasteiger partial charge in [-0.25, -0.2) is 44.9 Å². The van der Waals surface area contributed by atoms with Crippen LogP contribution < -0.4 is 26.2 Å². The largest absolute Gasteiger partial charge is 0.311 e. The third-order valence-corrected chi connectivity index (χ3v) is 21.3. The smallest absolute Gasteiger partial charge is 0.252 e. The van der Waals surface area contributed by atoms with Gasteiger partial charge in [-0.1, -0.05) is 279 Å². The van der Waals surface area contributed by atoms with E-state index in [1.165, 1.54) is 16.4 Å². The zero-order chi connectivity index (χ0) is 74.0. The van der Waals surface area contributed by atoms with Crippen molar-refractivity contribution < 1.29 is 0 Å². The second-order valence-electron chi connectivity index (χ2n) is 28.0. The zero-order valence-corrected chi connectivity index (χ0v) is 60.3. The first-order valence-electron chi connectivity index (χ1n) is 37.5. The van der Waals surface area contributed by atoms with E-state index in [4.69, 9.17) is 44.9 Å². The van der Waals surface area contributed by atoms with Crippen molar-refractivity contribution in [2.24, 2.45) is 0 Å². The quantitative estimate of drug-likeness (QED) is 0.0966. The third-order valence-electron chi connectivity index (χ3n) is 21.3. The number of hydrogen-bond donors (Lipinski definition) is 0. The fraction of sp³-hybridized carbons (Fsp3) is 0. The first-order valence-corrected chi connectivity index (χ1v) is 37.5. The molecule has 15 aromatic carbocycles. The standard InChI is InChI=1S/C99H63BN12/c1-9-29-66(30-10-1)91-101-92(67-31-11-2-12-32-67)105-97(104-91)72-53-56-83(78(59-72)65-51-49-64(50-52-65)75-62-88-90-89(63-75)111(77-43-23-8-24-44-77)87-48-28-26-46-82(87)100(90)81-45-25-27-47-86(81)110(88)76-41-21-7-22-42-76)112-84-57-54-73(98-106-93(68-33-13-3-14-34-68)102-94(107-98)69-35-15-4-16-36-69)60-79(84)80-61-74(55-58-85(80)112)99-108-95(70-37-17-5-18-38-70)103-96(109-99)71-39-19-6-20-40-71/h1-63H. The Balaban J connectivity index is 0.794. The van der Waals surface area contributed by atoms with Gasteiger partial charge in [0.2, 0.25) is 0 Å². The number of anilines is 6. The highest BCUT2D eigenvalue weighted by atomic mass is 15.2. The molecule has 12 nitrogen and oxygen atoms in total. The Morgan fingerprint density at radius 2 is 0.464 bits per heavy atom. The van der Waals surface area contributed by atoms with Crippen molar-refractivity contribution in [2.75, 3.05) is 9.80 Å². The second kappa shape index (κ2) is 27.5. The van der Waals surface area contributed by atoms with Crippen molar-refractivity contribution in [3.8, 4) is 130 Å². The topological polar surface area (TPSA) is 127 Å². The predicted molar refractivity (Wildman–Crippen MR) is 455 cm³/mol. The molecule has 112 heavy (non-hydrogen) atoms. The molecule has 4 aromatic heterocycles. The van der Waals surface area contributed by atoms with Gasteiger partial charge in [-0.2, -0.15) is 0 Å². The summed E-state index contributed by atoms with van der Waals surface area (Å²) in [4.78, 5) is 52.1. The molecule has 0 N–H and O–H groups in total. The van der Waals surface area contributed by atoms with Crippen molar-refractivity contribution in [3.63, 3.8) is 0 Å². The van der Waals surface area contributed by atoms with Gasteiger partial charge in [-0.05, 0) is 136 Å². The van der Waals surface area contributed by atoms with Gasteiger partial charge in [-0.3, -0.25) is 0 Å². The summed E-state index contributed by atoms with van der Waals surface area (Å²) >= 11 is 0. The maximum atomic E-state index is 5.34. The van der Waals surface area contributed by atoms with Gasteiger partial charge in [-0.15, -0.1) is 0 Å². The van der Waals surface area contributed by atoms with E-state index < -0.39 is 0 Å². The lowest BCUT2D eigenvalue weighted by Gasteiger charge is -2.44. The minimum Gasteiger partial charge on any atom is -0.311 e. The Morgan fingerprint density at radius 3 is 0.812 bits per heavy atom. The van der Waals surface area contributed by atoms with E-state index in [9.17, 15) is 0 Å². The number of rotatable bonds is 14. The summed E-state index contributed by atoms with van der Waals surface area (Å²) < 4.78 is 2.39. The second-order valence-corrected chi connectivity index (χ2v) is 28.0. The van der Waals surface area contributed by atoms with Crippen LogP contribution in [0.3, 0.4) is 0 Å². The van der Waals surface area contributed by atoms with E-state index in [1.807, 2.05) is 182 Å². The molecule has 2 aliphatic heterocycles. The van der Waals surface area contributed by atoms with Crippen LogP contribution in [0, 0.1) is 0 Å². The molecule has 0 spiro atoms. The molecule has 6 heterocycles. The molecule has 0 unspecified atom stereocenters. The van der Waals surface area contributed by atoms with Crippen molar-refractivity contribution in [1.29, 1.82) is 0 Å². The highest BCUT2D eigenvalue weighted by molar-refractivity contribution is 7.00. The first-order chi connectivity index (χ1) is 55.5. The molecule has 21 rings (SSSR count). The van der Waals surface area contributed by atoms with Crippen molar-refractivity contribution >= 4 is 79.0 Å². The summed E-state index contributed by atoms with van der Waals surface area (Å²) in [6, 6.07) is 134. The lowest BCUT2D eigenvalue weighted by atomic mass is 9.33. The molecule has 19 aromatic rings.